The molecule has 0 aliphatic rings. The van der Waals surface area contributed by atoms with Crippen molar-refractivity contribution in [2.75, 3.05) is 7.11 Å². The molecule has 0 saturated carbocycles. The number of esters is 1. The van der Waals surface area contributed by atoms with E-state index in [0.29, 0.717) is 5.56 Å². The van der Waals surface area contributed by atoms with E-state index >= 15 is 0 Å². The van der Waals surface area contributed by atoms with Gasteiger partial charge in [-0.2, -0.15) is 0 Å². The fourth-order valence-electron chi connectivity index (χ4n) is 1.38. The molecule has 2 N–H and O–H groups in total. The van der Waals surface area contributed by atoms with E-state index in [1.54, 1.807) is 0 Å². The smallest absolute Gasteiger partial charge is 0.322 e. The SMILES string of the molecule is COC(=O)[C@@H](N)Cc1ccc(F)c(C(F)F)c1. The lowest BCUT2D eigenvalue weighted by molar-refractivity contribution is -0.142. The van der Waals surface area contributed by atoms with E-state index in [2.05, 4.69) is 4.74 Å². The Bertz CT molecular complexity index is 410. The maximum absolute atomic E-state index is 13.0. The second kappa shape index (κ2) is 5.67. The molecule has 94 valence electrons. The molecule has 1 rings (SSSR count). The highest BCUT2D eigenvalue weighted by Gasteiger charge is 2.17. The van der Waals surface area contributed by atoms with Crippen molar-refractivity contribution in [2.24, 2.45) is 5.73 Å². The maximum Gasteiger partial charge on any atom is 0.322 e. The second-order valence-corrected chi connectivity index (χ2v) is 3.49. The van der Waals surface area contributed by atoms with Gasteiger partial charge >= 0.3 is 5.97 Å². The summed E-state index contributed by atoms with van der Waals surface area (Å²) < 4.78 is 42.2. The van der Waals surface area contributed by atoms with E-state index in [1.807, 2.05) is 0 Å². The first-order valence-electron chi connectivity index (χ1n) is 4.85. The Balaban J connectivity index is 2.86. The van der Waals surface area contributed by atoms with Gasteiger partial charge < -0.3 is 10.5 Å². The van der Waals surface area contributed by atoms with Crippen LogP contribution in [0.5, 0.6) is 0 Å². The van der Waals surface area contributed by atoms with Gasteiger partial charge in [-0.05, 0) is 24.1 Å². The van der Waals surface area contributed by atoms with E-state index in [-0.39, 0.29) is 6.42 Å². The third kappa shape index (κ3) is 3.45. The summed E-state index contributed by atoms with van der Waals surface area (Å²) in [4.78, 5) is 11.0. The van der Waals surface area contributed by atoms with Gasteiger partial charge in [0.2, 0.25) is 0 Å². The van der Waals surface area contributed by atoms with Gasteiger partial charge in [0.25, 0.3) is 6.43 Å². The number of alkyl halides is 2. The molecular formula is C11H12F3NO2. The summed E-state index contributed by atoms with van der Waals surface area (Å²) >= 11 is 0. The standard InChI is InChI=1S/C11H12F3NO2/c1-17-11(16)9(15)5-6-2-3-8(12)7(4-6)10(13)14/h2-4,9-10H,5,15H2,1H3/t9-/m0/s1. The number of carbonyl (C=O) groups excluding carboxylic acids is 1. The van der Waals surface area contributed by atoms with Crippen molar-refractivity contribution in [2.45, 2.75) is 18.9 Å². The van der Waals surface area contributed by atoms with Gasteiger partial charge in [-0.1, -0.05) is 6.07 Å². The van der Waals surface area contributed by atoms with E-state index < -0.39 is 29.8 Å². The number of carbonyl (C=O) groups is 1. The molecule has 0 bridgehead atoms. The summed E-state index contributed by atoms with van der Waals surface area (Å²) in [6, 6.07) is 2.30. The summed E-state index contributed by atoms with van der Waals surface area (Å²) in [5.41, 5.74) is 5.13. The summed E-state index contributed by atoms with van der Waals surface area (Å²) in [7, 11) is 1.18. The van der Waals surface area contributed by atoms with Crippen LogP contribution in [0.15, 0.2) is 18.2 Å². The Morgan fingerprint density at radius 3 is 2.65 bits per heavy atom. The number of halogens is 3. The van der Waals surface area contributed by atoms with Gasteiger partial charge in [0.1, 0.15) is 11.9 Å². The van der Waals surface area contributed by atoms with Crippen molar-refractivity contribution in [3.8, 4) is 0 Å². The minimum Gasteiger partial charge on any atom is -0.468 e. The van der Waals surface area contributed by atoms with Crippen LogP contribution in [0.2, 0.25) is 0 Å². The molecule has 0 fully saturated rings. The lowest BCUT2D eigenvalue weighted by Crippen LogP contribution is -2.33. The van der Waals surface area contributed by atoms with Crippen LogP contribution in [0.4, 0.5) is 13.2 Å². The molecule has 0 amide bonds. The predicted octanol–water partition coefficient (Wildman–Crippen LogP) is 1.81. The zero-order chi connectivity index (χ0) is 13.0. The summed E-state index contributed by atoms with van der Waals surface area (Å²) in [5.74, 6) is -1.62. The van der Waals surface area contributed by atoms with Crippen LogP contribution < -0.4 is 5.73 Å². The monoisotopic (exact) mass is 247 g/mol. The highest BCUT2D eigenvalue weighted by atomic mass is 19.3. The van der Waals surface area contributed by atoms with E-state index in [0.717, 1.165) is 12.1 Å². The molecule has 0 heterocycles. The molecule has 0 unspecified atom stereocenters. The molecule has 1 aromatic rings. The summed E-state index contributed by atoms with van der Waals surface area (Å²) in [6.07, 6.45) is -2.88. The van der Waals surface area contributed by atoms with Crippen LogP contribution >= 0.6 is 0 Å². The number of benzene rings is 1. The highest BCUT2D eigenvalue weighted by molar-refractivity contribution is 5.75. The molecule has 3 nitrogen and oxygen atoms in total. The van der Waals surface area contributed by atoms with Crippen molar-refractivity contribution >= 4 is 5.97 Å². The van der Waals surface area contributed by atoms with Crippen LogP contribution in [0.1, 0.15) is 17.6 Å². The average molecular weight is 247 g/mol. The fourth-order valence-corrected chi connectivity index (χ4v) is 1.38. The van der Waals surface area contributed by atoms with Crippen LogP contribution in [-0.4, -0.2) is 19.1 Å². The number of methoxy groups -OCH3 is 1. The number of rotatable bonds is 4. The van der Waals surface area contributed by atoms with Gasteiger partial charge in [0.05, 0.1) is 12.7 Å². The quantitative estimate of drug-likeness (QED) is 0.825. The Morgan fingerprint density at radius 2 is 2.12 bits per heavy atom. The largest absolute Gasteiger partial charge is 0.468 e. The number of nitrogens with two attached hydrogens (primary N) is 1. The van der Waals surface area contributed by atoms with Crippen LogP contribution in [0.25, 0.3) is 0 Å². The normalized spacial score (nSPS) is 12.6. The first-order valence-corrected chi connectivity index (χ1v) is 4.85. The predicted molar refractivity (Wildman–Crippen MR) is 55.1 cm³/mol. The molecule has 6 heteroatoms. The minimum absolute atomic E-state index is 0.0205. The van der Waals surface area contributed by atoms with Crippen molar-refractivity contribution in [1.29, 1.82) is 0 Å². The van der Waals surface area contributed by atoms with Crippen molar-refractivity contribution in [3.05, 3.63) is 35.1 Å². The Hall–Kier alpha value is -1.56. The lowest BCUT2D eigenvalue weighted by atomic mass is 10.0. The minimum atomic E-state index is -2.90. The number of ether oxygens (including phenoxy) is 1. The van der Waals surface area contributed by atoms with Crippen LogP contribution in [-0.2, 0) is 16.0 Å². The molecule has 0 aliphatic heterocycles. The molecule has 0 spiro atoms. The van der Waals surface area contributed by atoms with Crippen LogP contribution in [0.3, 0.4) is 0 Å². The number of hydrogen-bond acceptors (Lipinski definition) is 3. The van der Waals surface area contributed by atoms with Crippen molar-refractivity contribution in [1.82, 2.24) is 0 Å². The number of hydrogen-bond donors (Lipinski definition) is 1. The Labute approximate surface area is 96.4 Å². The highest BCUT2D eigenvalue weighted by Crippen LogP contribution is 2.23. The third-order valence-electron chi connectivity index (χ3n) is 2.26. The van der Waals surface area contributed by atoms with Gasteiger partial charge in [0, 0.05) is 0 Å². The molecule has 17 heavy (non-hydrogen) atoms. The zero-order valence-electron chi connectivity index (χ0n) is 9.12. The molecule has 0 radical (unpaired) electrons. The molecule has 0 saturated heterocycles. The van der Waals surface area contributed by atoms with E-state index in [9.17, 15) is 18.0 Å². The van der Waals surface area contributed by atoms with Gasteiger partial charge in [-0.25, -0.2) is 13.2 Å². The molecule has 1 aromatic carbocycles. The molecule has 0 aromatic heterocycles. The molecule has 0 aliphatic carbocycles. The zero-order valence-corrected chi connectivity index (χ0v) is 9.12. The van der Waals surface area contributed by atoms with E-state index in [4.69, 9.17) is 5.73 Å². The van der Waals surface area contributed by atoms with Gasteiger partial charge in [0.15, 0.2) is 0 Å². The average Bonchev–Trinajstić information content (AvgIpc) is 2.30. The fraction of sp³-hybridized carbons (Fsp3) is 0.364. The lowest BCUT2D eigenvalue weighted by Gasteiger charge is -2.10. The summed E-state index contributed by atoms with van der Waals surface area (Å²) in [6.45, 7) is 0. The first kappa shape index (κ1) is 13.5. The maximum atomic E-state index is 13.0. The topological polar surface area (TPSA) is 52.3 Å². The van der Waals surface area contributed by atoms with Gasteiger partial charge in [-0.3, -0.25) is 4.79 Å². The summed E-state index contributed by atoms with van der Waals surface area (Å²) in [5, 5.41) is 0. The van der Waals surface area contributed by atoms with Crippen molar-refractivity contribution in [3.63, 3.8) is 0 Å². The molecule has 1 atom stereocenters. The molecular weight excluding hydrogens is 235 g/mol. The van der Waals surface area contributed by atoms with Gasteiger partial charge in [-0.15, -0.1) is 0 Å². The first-order chi connectivity index (χ1) is 7.95. The Morgan fingerprint density at radius 1 is 1.47 bits per heavy atom. The Kier molecular flexibility index (Phi) is 4.51. The van der Waals surface area contributed by atoms with E-state index in [1.165, 1.54) is 13.2 Å². The van der Waals surface area contributed by atoms with Crippen LogP contribution in [0, 0.1) is 5.82 Å². The van der Waals surface area contributed by atoms with Crippen molar-refractivity contribution < 1.29 is 22.7 Å². The second-order valence-electron chi connectivity index (χ2n) is 3.49. The third-order valence-corrected chi connectivity index (χ3v) is 2.26.